The fourth-order valence-corrected chi connectivity index (χ4v) is 4.02. The Morgan fingerprint density at radius 2 is 2.07 bits per heavy atom. The summed E-state index contributed by atoms with van der Waals surface area (Å²) in [5, 5.41) is 3.44. The zero-order valence-electron chi connectivity index (χ0n) is 16.6. The number of benzene rings is 1. The second-order valence-electron chi connectivity index (χ2n) is 8.22. The number of fused-ring (bicyclic) bond motifs is 1. The predicted octanol–water partition coefficient (Wildman–Crippen LogP) is 4.89. The summed E-state index contributed by atoms with van der Waals surface area (Å²) in [5.41, 5.74) is 1.88. The molecule has 6 nitrogen and oxygen atoms in total. The van der Waals surface area contributed by atoms with Crippen LogP contribution in [0, 0.1) is 12.3 Å². The van der Waals surface area contributed by atoms with Crippen molar-refractivity contribution in [2.24, 2.45) is 5.41 Å². The highest BCUT2D eigenvalue weighted by molar-refractivity contribution is 6.31. The Kier molecular flexibility index (Phi) is 4.82. The van der Waals surface area contributed by atoms with Crippen molar-refractivity contribution in [3.05, 3.63) is 69.9 Å². The number of amides is 1. The summed E-state index contributed by atoms with van der Waals surface area (Å²) in [6.07, 6.45) is 4.45. The topological polar surface area (TPSA) is 77.1 Å². The summed E-state index contributed by atoms with van der Waals surface area (Å²) in [4.78, 5) is 29.7. The van der Waals surface area contributed by atoms with Crippen molar-refractivity contribution < 1.29 is 14.0 Å². The Bertz CT molecular complexity index is 1110. The van der Waals surface area contributed by atoms with Crippen LogP contribution in [0.3, 0.4) is 0 Å². The molecule has 0 radical (unpaired) electrons. The first kappa shape index (κ1) is 19.5. The molecule has 0 aliphatic heterocycles. The number of hydrogen-bond acceptors (Lipinski definition) is 4. The fraction of sp³-hybridized carbons (Fsp3) is 0.318. The highest BCUT2D eigenvalue weighted by Crippen LogP contribution is 2.38. The number of aromatic nitrogens is 2. The molecule has 1 aliphatic rings. The van der Waals surface area contributed by atoms with E-state index >= 15 is 0 Å². The lowest BCUT2D eigenvalue weighted by molar-refractivity contribution is 0.0898. The van der Waals surface area contributed by atoms with Crippen LogP contribution in [0.1, 0.15) is 58.1 Å². The number of Topliss-reactive ketones (excluding diaryl/α,β-unsaturated/α-hetero) is 1. The third-order valence-corrected chi connectivity index (χ3v) is 5.59. The molecule has 7 heteroatoms. The first-order chi connectivity index (χ1) is 13.7. The smallest absolute Gasteiger partial charge is 0.293 e. The molecule has 0 fully saturated rings. The van der Waals surface area contributed by atoms with Crippen LogP contribution in [-0.2, 0) is 13.0 Å². The number of ketones is 1. The average molecular weight is 412 g/mol. The van der Waals surface area contributed by atoms with Gasteiger partial charge in [-0.25, -0.2) is 4.98 Å². The van der Waals surface area contributed by atoms with Gasteiger partial charge in [-0.1, -0.05) is 43.6 Å². The van der Waals surface area contributed by atoms with E-state index in [0.29, 0.717) is 47.2 Å². The highest BCUT2D eigenvalue weighted by atomic mass is 35.5. The van der Waals surface area contributed by atoms with Crippen molar-refractivity contribution in [2.45, 2.75) is 40.2 Å². The zero-order valence-corrected chi connectivity index (χ0v) is 17.3. The van der Waals surface area contributed by atoms with Gasteiger partial charge < -0.3 is 8.98 Å². The summed E-state index contributed by atoms with van der Waals surface area (Å²) in [6, 6.07) is 7.52. The molecule has 150 valence electrons. The predicted molar refractivity (Wildman–Crippen MR) is 111 cm³/mol. The van der Waals surface area contributed by atoms with Gasteiger partial charge >= 0.3 is 0 Å². The molecule has 1 amide bonds. The zero-order chi connectivity index (χ0) is 20.8. The lowest BCUT2D eigenvalue weighted by Gasteiger charge is -2.27. The molecule has 0 bridgehead atoms. The monoisotopic (exact) mass is 411 g/mol. The van der Waals surface area contributed by atoms with E-state index in [1.807, 2.05) is 38.1 Å². The van der Waals surface area contributed by atoms with Crippen molar-refractivity contribution >= 4 is 29.2 Å². The third kappa shape index (κ3) is 3.72. The van der Waals surface area contributed by atoms with Crippen molar-refractivity contribution in [1.82, 2.24) is 9.55 Å². The van der Waals surface area contributed by atoms with E-state index in [9.17, 15) is 9.59 Å². The molecule has 0 atom stereocenters. The highest BCUT2D eigenvalue weighted by Gasteiger charge is 2.37. The molecule has 1 aliphatic carbocycles. The van der Waals surface area contributed by atoms with Gasteiger partial charge in [-0.2, -0.15) is 0 Å². The first-order valence-electron chi connectivity index (χ1n) is 9.46. The van der Waals surface area contributed by atoms with Crippen molar-refractivity contribution in [1.29, 1.82) is 0 Å². The number of furan rings is 1. The largest absolute Gasteiger partial charge is 0.455 e. The molecule has 1 N–H and O–H groups in total. The molecule has 4 rings (SSSR count). The van der Waals surface area contributed by atoms with Crippen LogP contribution in [0.2, 0.25) is 5.02 Å². The van der Waals surface area contributed by atoms with Crippen molar-refractivity contribution in [3.63, 3.8) is 0 Å². The lowest BCUT2D eigenvalue weighted by Crippen LogP contribution is -2.26. The van der Waals surface area contributed by atoms with E-state index in [1.165, 1.54) is 0 Å². The SMILES string of the molecule is Cc1c(C(=O)Nc2nccn2Cc2ccccc2Cl)oc2c1C(=O)CC(C)(C)C2. The molecule has 0 unspecified atom stereocenters. The molecule has 1 aromatic carbocycles. The Morgan fingerprint density at radius 3 is 2.83 bits per heavy atom. The second-order valence-corrected chi connectivity index (χ2v) is 8.63. The van der Waals surface area contributed by atoms with E-state index in [4.69, 9.17) is 16.0 Å². The van der Waals surface area contributed by atoms with Crippen LogP contribution in [0.4, 0.5) is 5.95 Å². The summed E-state index contributed by atoms with van der Waals surface area (Å²) >= 11 is 6.24. The second kappa shape index (κ2) is 7.19. The van der Waals surface area contributed by atoms with E-state index < -0.39 is 5.91 Å². The number of imidazole rings is 1. The van der Waals surface area contributed by atoms with Crippen LogP contribution in [0.5, 0.6) is 0 Å². The van der Waals surface area contributed by atoms with Crippen LogP contribution in [0.15, 0.2) is 41.1 Å². The van der Waals surface area contributed by atoms with Crippen LogP contribution < -0.4 is 5.32 Å². The maximum atomic E-state index is 12.9. The fourth-order valence-electron chi connectivity index (χ4n) is 3.83. The molecule has 2 heterocycles. The minimum absolute atomic E-state index is 0.0248. The number of anilines is 1. The van der Waals surface area contributed by atoms with Gasteiger partial charge in [-0.3, -0.25) is 14.9 Å². The van der Waals surface area contributed by atoms with Crippen LogP contribution >= 0.6 is 11.6 Å². The lowest BCUT2D eigenvalue weighted by atomic mass is 9.76. The molecule has 0 spiro atoms. The molecule has 2 aromatic heterocycles. The minimum Gasteiger partial charge on any atom is -0.455 e. The van der Waals surface area contributed by atoms with E-state index in [0.717, 1.165) is 5.56 Å². The van der Waals surface area contributed by atoms with Gasteiger partial charge in [0.15, 0.2) is 11.5 Å². The van der Waals surface area contributed by atoms with Crippen LogP contribution in [-0.4, -0.2) is 21.2 Å². The summed E-state index contributed by atoms with van der Waals surface area (Å²) in [5.74, 6) is 0.739. The average Bonchev–Trinajstić information content (AvgIpc) is 3.20. The van der Waals surface area contributed by atoms with Gasteiger partial charge in [0.1, 0.15) is 5.76 Å². The summed E-state index contributed by atoms with van der Waals surface area (Å²) in [6.45, 7) is 6.27. The van der Waals surface area contributed by atoms with E-state index in [-0.39, 0.29) is 17.0 Å². The third-order valence-electron chi connectivity index (χ3n) is 5.22. The Labute approximate surface area is 173 Å². The molecular weight excluding hydrogens is 390 g/mol. The van der Waals surface area contributed by atoms with Gasteiger partial charge in [-0.15, -0.1) is 0 Å². The minimum atomic E-state index is -0.422. The molecule has 3 aromatic rings. The van der Waals surface area contributed by atoms with Crippen LogP contribution in [0.25, 0.3) is 0 Å². The molecule has 0 saturated carbocycles. The number of carbonyl (C=O) groups excluding carboxylic acids is 2. The number of hydrogen-bond donors (Lipinski definition) is 1. The normalized spacial score (nSPS) is 15.2. The number of halogens is 1. The van der Waals surface area contributed by atoms with Crippen molar-refractivity contribution in [3.8, 4) is 0 Å². The number of rotatable bonds is 4. The standard InChI is InChI=1S/C22H22ClN3O3/c1-13-18-16(27)10-22(2,3)11-17(18)29-19(13)20(28)25-21-24-8-9-26(21)12-14-6-4-5-7-15(14)23/h4-9H,10-12H2,1-3H3,(H,24,25,28). The van der Waals surface area contributed by atoms with Gasteiger partial charge in [0.05, 0.1) is 12.1 Å². The molecular formula is C22H22ClN3O3. The van der Waals surface area contributed by atoms with E-state index in [1.54, 1.807) is 23.9 Å². The van der Waals surface area contributed by atoms with E-state index in [2.05, 4.69) is 10.3 Å². The number of nitrogens with one attached hydrogen (secondary N) is 1. The number of nitrogens with zero attached hydrogens (tertiary/aromatic N) is 2. The first-order valence-corrected chi connectivity index (χ1v) is 9.84. The molecule has 0 saturated heterocycles. The maximum Gasteiger partial charge on any atom is 0.293 e. The van der Waals surface area contributed by atoms with Gasteiger partial charge in [0, 0.05) is 35.8 Å². The van der Waals surface area contributed by atoms with Gasteiger partial charge in [0.25, 0.3) is 5.91 Å². The quantitative estimate of drug-likeness (QED) is 0.662. The Balaban J connectivity index is 1.58. The van der Waals surface area contributed by atoms with Crippen molar-refractivity contribution in [2.75, 3.05) is 5.32 Å². The summed E-state index contributed by atoms with van der Waals surface area (Å²) < 4.78 is 7.64. The van der Waals surface area contributed by atoms with Gasteiger partial charge in [-0.05, 0) is 24.0 Å². The maximum absolute atomic E-state index is 12.9. The number of carbonyl (C=O) groups is 2. The Hall–Kier alpha value is -2.86. The van der Waals surface area contributed by atoms with Gasteiger partial charge in [0.2, 0.25) is 5.95 Å². The summed E-state index contributed by atoms with van der Waals surface area (Å²) in [7, 11) is 0. The molecule has 29 heavy (non-hydrogen) atoms. The Morgan fingerprint density at radius 1 is 1.31 bits per heavy atom.